The van der Waals surface area contributed by atoms with Gasteiger partial charge in [-0.2, -0.15) is 0 Å². The van der Waals surface area contributed by atoms with Gasteiger partial charge >= 0.3 is 11.9 Å². The molecular weight excluding hydrogens is 368 g/mol. The fraction of sp³-hybridized carbons (Fsp3) is 0.417. The summed E-state index contributed by atoms with van der Waals surface area (Å²) in [7, 11) is 0. The van der Waals surface area contributed by atoms with Gasteiger partial charge in [0, 0.05) is 5.41 Å². The number of esters is 2. The minimum atomic E-state index is -0.849. The van der Waals surface area contributed by atoms with Crippen LogP contribution in [0, 0.1) is 5.41 Å². The largest absolute Gasteiger partial charge is 0.489 e. The summed E-state index contributed by atoms with van der Waals surface area (Å²) in [6, 6.07) is 15.8. The lowest BCUT2D eigenvalue weighted by Crippen LogP contribution is -2.37. The molecule has 0 unspecified atom stereocenters. The van der Waals surface area contributed by atoms with Crippen LogP contribution < -0.4 is 4.74 Å². The van der Waals surface area contributed by atoms with E-state index >= 15 is 0 Å². The van der Waals surface area contributed by atoms with Gasteiger partial charge in [0.25, 0.3) is 0 Å². The molecule has 2 aliphatic rings. The van der Waals surface area contributed by atoms with Gasteiger partial charge < -0.3 is 14.2 Å². The second-order valence-electron chi connectivity index (χ2n) is 8.46. The summed E-state index contributed by atoms with van der Waals surface area (Å²) in [6.45, 7) is 4.50. The average Bonchev–Trinajstić information content (AvgIpc) is 2.99. The third kappa shape index (κ3) is 4.00. The van der Waals surface area contributed by atoms with Crippen molar-refractivity contribution in [1.82, 2.24) is 0 Å². The Morgan fingerprint density at radius 1 is 1.14 bits per heavy atom. The highest BCUT2D eigenvalue weighted by Crippen LogP contribution is 2.39. The van der Waals surface area contributed by atoms with Gasteiger partial charge in [0.05, 0.1) is 5.92 Å². The summed E-state index contributed by atoms with van der Waals surface area (Å²) >= 11 is 0. The van der Waals surface area contributed by atoms with E-state index in [2.05, 4.69) is 0 Å². The number of carbonyl (C=O) groups is 2. The molecule has 1 heterocycles. The number of fused-ring (bicyclic) bond motifs is 1. The molecule has 2 atom stereocenters. The van der Waals surface area contributed by atoms with Crippen LogP contribution in [0.25, 0.3) is 0 Å². The Hall–Kier alpha value is -2.82. The number of hydrogen-bond donors (Lipinski definition) is 0. The van der Waals surface area contributed by atoms with Gasteiger partial charge in [-0.05, 0) is 42.0 Å². The first kappa shape index (κ1) is 19.5. The maximum Gasteiger partial charge on any atom is 0.348 e. The highest BCUT2D eigenvalue weighted by atomic mass is 16.6. The van der Waals surface area contributed by atoms with Crippen molar-refractivity contribution in [2.45, 2.75) is 51.7 Å². The van der Waals surface area contributed by atoms with Crippen LogP contribution in [0.4, 0.5) is 0 Å². The lowest BCUT2D eigenvalue weighted by Gasteiger charge is -2.28. The van der Waals surface area contributed by atoms with Crippen LogP contribution in [0.1, 0.15) is 49.3 Å². The average molecular weight is 394 g/mol. The molecule has 29 heavy (non-hydrogen) atoms. The van der Waals surface area contributed by atoms with Crippen molar-refractivity contribution < 1.29 is 23.8 Å². The predicted octanol–water partition coefficient (Wildman–Crippen LogP) is 4.18. The van der Waals surface area contributed by atoms with E-state index < -0.39 is 17.5 Å². The second kappa shape index (κ2) is 7.90. The molecular formula is C24H26O5. The Labute approximate surface area is 171 Å². The number of benzene rings is 2. The number of cyclic esters (lactones) is 1. The van der Waals surface area contributed by atoms with E-state index in [1.165, 1.54) is 0 Å². The normalized spacial score (nSPS) is 22.5. The molecule has 2 aromatic rings. The maximum absolute atomic E-state index is 13.0. The standard InChI is InChI=1S/C24H26O5/c1-24(2)15-28-23(26)21(24)29-22(25)19-12-6-11-18-17(19)10-7-13-20(18)27-14-16-8-4-3-5-9-16/h3-5,7-10,13,19,21H,6,11-12,14-15H2,1-2H3/t19-,21+/m1/s1. The highest BCUT2D eigenvalue weighted by molar-refractivity contribution is 5.85. The van der Waals surface area contributed by atoms with Gasteiger partial charge in [0.1, 0.15) is 19.0 Å². The van der Waals surface area contributed by atoms with Crippen molar-refractivity contribution in [3.05, 3.63) is 65.2 Å². The highest BCUT2D eigenvalue weighted by Gasteiger charge is 2.47. The van der Waals surface area contributed by atoms with E-state index in [4.69, 9.17) is 14.2 Å². The molecule has 5 heteroatoms. The molecule has 1 aliphatic heterocycles. The predicted molar refractivity (Wildman–Crippen MR) is 108 cm³/mol. The van der Waals surface area contributed by atoms with E-state index in [0.717, 1.165) is 35.3 Å². The summed E-state index contributed by atoms with van der Waals surface area (Å²) in [5.74, 6) is -0.393. The van der Waals surface area contributed by atoms with Crippen LogP contribution in [0.3, 0.4) is 0 Å². The summed E-state index contributed by atoms with van der Waals surface area (Å²) in [6.07, 6.45) is 1.59. The van der Waals surface area contributed by atoms with E-state index in [-0.39, 0.29) is 18.5 Å². The van der Waals surface area contributed by atoms with Crippen molar-refractivity contribution in [2.24, 2.45) is 5.41 Å². The number of hydrogen-bond acceptors (Lipinski definition) is 5. The Morgan fingerprint density at radius 2 is 1.93 bits per heavy atom. The van der Waals surface area contributed by atoms with Crippen LogP contribution >= 0.6 is 0 Å². The van der Waals surface area contributed by atoms with E-state index in [0.29, 0.717) is 13.0 Å². The first-order chi connectivity index (χ1) is 14.0. The van der Waals surface area contributed by atoms with Gasteiger partial charge in [-0.15, -0.1) is 0 Å². The van der Waals surface area contributed by atoms with Crippen molar-refractivity contribution >= 4 is 11.9 Å². The van der Waals surface area contributed by atoms with Crippen LogP contribution in [0.5, 0.6) is 5.75 Å². The molecule has 0 N–H and O–H groups in total. The first-order valence-electron chi connectivity index (χ1n) is 10.1. The quantitative estimate of drug-likeness (QED) is 0.712. The summed E-state index contributed by atoms with van der Waals surface area (Å²) in [4.78, 5) is 25.0. The summed E-state index contributed by atoms with van der Waals surface area (Å²) < 4.78 is 16.8. The molecule has 0 spiro atoms. The topological polar surface area (TPSA) is 61.8 Å². The lowest BCUT2D eigenvalue weighted by atomic mass is 9.82. The number of carbonyl (C=O) groups excluding carboxylic acids is 2. The molecule has 0 aromatic heterocycles. The number of ether oxygens (including phenoxy) is 3. The van der Waals surface area contributed by atoms with E-state index in [1.807, 2.05) is 62.4 Å². The van der Waals surface area contributed by atoms with Crippen LogP contribution in [-0.2, 0) is 32.1 Å². The monoisotopic (exact) mass is 394 g/mol. The zero-order chi connectivity index (χ0) is 20.4. The molecule has 152 valence electrons. The van der Waals surface area contributed by atoms with Gasteiger partial charge in [-0.1, -0.05) is 56.3 Å². The number of rotatable bonds is 5. The Balaban J connectivity index is 1.52. The third-order valence-corrected chi connectivity index (χ3v) is 5.73. The van der Waals surface area contributed by atoms with Crippen molar-refractivity contribution in [2.75, 3.05) is 6.61 Å². The molecule has 5 nitrogen and oxygen atoms in total. The second-order valence-corrected chi connectivity index (χ2v) is 8.46. The maximum atomic E-state index is 13.0. The lowest BCUT2D eigenvalue weighted by molar-refractivity contribution is -0.164. The van der Waals surface area contributed by atoms with Gasteiger partial charge in [0.2, 0.25) is 6.10 Å². The minimum absolute atomic E-state index is 0.266. The zero-order valence-corrected chi connectivity index (χ0v) is 16.9. The molecule has 0 saturated carbocycles. The molecule has 0 radical (unpaired) electrons. The molecule has 0 amide bonds. The molecule has 2 aromatic carbocycles. The summed E-state index contributed by atoms with van der Waals surface area (Å²) in [5, 5.41) is 0. The Morgan fingerprint density at radius 3 is 2.66 bits per heavy atom. The SMILES string of the molecule is CC1(C)COC(=O)[C@@H]1OC(=O)[C@@H]1CCCc2c(OCc3ccccc3)cccc21. The molecule has 1 aliphatic carbocycles. The zero-order valence-electron chi connectivity index (χ0n) is 16.9. The van der Waals surface area contributed by atoms with Gasteiger partial charge in [-0.25, -0.2) is 4.79 Å². The van der Waals surface area contributed by atoms with Crippen molar-refractivity contribution in [3.63, 3.8) is 0 Å². The van der Waals surface area contributed by atoms with Gasteiger partial charge in [0.15, 0.2) is 0 Å². The first-order valence-corrected chi connectivity index (χ1v) is 10.1. The summed E-state index contributed by atoms with van der Waals surface area (Å²) in [5.41, 5.74) is 2.59. The van der Waals surface area contributed by atoms with Crippen molar-refractivity contribution in [1.29, 1.82) is 0 Å². The third-order valence-electron chi connectivity index (χ3n) is 5.73. The van der Waals surface area contributed by atoms with E-state index in [1.54, 1.807) is 0 Å². The fourth-order valence-electron chi connectivity index (χ4n) is 4.06. The van der Waals surface area contributed by atoms with Gasteiger partial charge in [-0.3, -0.25) is 4.79 Å². The Bertz CT molecular complexity index is 903. The molecule has 1 saturated heterocycles. The fourth-order valence-corrected chi connectivity index (χ4v) is 4.06. The smallest absolute Gasteiger partial charge is 0.348 e. The molecule has 4 rings (SSSR count). The van der Waals surface area contributed by atoms with E-state index in [9.17, 15) is 9.59 Å². The molecule has 0 bridgehead atoms. The van der Waals surface area contributed by atoms with Crippen LogP contribution in [0.2, 0.25) is 0 Å². The minimum Gasteiger partial charge on any atom is -0.489 e. The van der Waals surface area contributed by atoms with Crippen molar-refractivity contribution in [3.8, 4) is 5.75 Å². The molecule has 1 fully saturated rings. The van der Waals surface area contributed by atoms with Crippen LogP contribution in [-0.4, -0.2) is 24.6 Å². The Kier molecular flexibility index (Phi) is 5.31. The van der Waals surface area contributed by atoms with Crippen LogP contribution in [0.15, 0.2) is 48.5 Å².